The molecule has 1 aliphatic heterocycles. The topological polar surface area (TPSA) is 23.5 Å². The van der Waals surface area contributed by atoms with Gasteiger partial charge in [-0.3, -0.25) is 0 Å². The smallest absolute Gasteiger partial charge is 0.0571 e. The van der Waals surface area contributed by atoms with Crippen molar-refractivity contribution in [3.05, 3.63) is 0 Å². The van der Waals surface area contributed by atoms with Gasteiger partial charge in [0.2, 0.25) is 0 Å². The summed E-state index contributed by atoms with van der Waals surface area (Å²) in [7, 11) is 2.20. The Labute approximate surface area is 80.9 Å². The van der Waals surface area contributed by atoms with Crippen LogP contribution >= 0.6 is 0 Å². The Morgan fingerprint density at radius 1 is 1.15 bits per heavy atom. The summed E-state index contributed by atoms with van der Waals surface area (Å²) in [5.74, 6) is 2.79. The van der Waals surface area contributed by atoms with Crippen molar-refractivity contribution in [1.82, 2.24) is 4.90 Å². The van der Waals surface area contributed by atoms with Gasteiger partial charge in [-0.25, -0.2) is 0 Å². The van der Waals surface area contributed by atoms with E-state index in [1.807, 2.05) is 0 Å². The Hall–Kier alpha value is -0.0800. The van der Waals surface area contributed by atoms with Crippen molar-refractivity contribution in [3.63, 3.8) is 0 Å². The zero-order chi connectivity index (χ0) is 9.59. The summed E-state index contributed by atoms with van der Waals surface area (Å²) in [6.07, 6.45) is 1.00. The molecule has 0 aromatic rings. The van der Waals surface area contributed by atoms with Gasteiger partial charge in [-0.1, -0.05) is 13.8 Å². The normalized spacial score (nSPS) is 52.2. The quantitative estimate of drug-likeness (QED) is 0.610. The highest BCUT2D eigenvalue weighted by Gasteiger charge is 2.44. The van der Waals surface area contributed by atoms with E-state index in [0.717, 1.165) is 24.2 Å². The minimum atomic E-state index is -0.0380. The summed E-state index contributed by atoms with van der Waals surface area (Å²) in [5, 5.41) is 9.81. The van der Waals surface area contributed by atoms with Gasteiger partial charge >= 0.3 is 0 Å². The van der Waals surface area contributed by atoms with E-state index < -0.39 is 0 Å². The highest BCUT2D eigenvalue weighted by atomic mass is 16.3. The highest BCUT2D eigenvalue weighted by Crippen LogP contribution is 2.44. The average molecular weight is 183 g/mol. The van der Waals surface area contributed by atoms with Crippen LogP contribution in [-0.4, -0.2) is 36.2 Å². The van der Waals surface area contributed by atoms with E-state index in [2.05, 4.69) is 25.8 Å². The van der Waals surface area contributed by atoms with Gasteiger partial charge < -0.3 is 10.0 Å². The first kappa shape index (κ1) is 9.47. The second-order valence-corrected chi connectivity index (χ2v) is 5.19. The van der Waals surface area contributed by atoms with E-state index in [-0.39, 0.29) is 6.10 Å². The molecule has 1 N–H and O–H groups in total. The lowest BCUT2D eigenvalue weighted by Crippen LogP contribution is -2.42. The molecule has 13 heavy (non-hydrogen) atoms. The summed E-state index contributed by atoms with van der Waals surface area (Å²) in [5.41, 5.74) is 0. The van der Waals surface area contributed by atoms with E-state index in [9.17, 15) is 5.11 Å². The Morgan fingerprint density at radius 3 is 2.54 bits per heavy atom. The first-order valence-corrected chi connectivity index (χ1v) is 5.46. The molecular weight excluding hydrogens is 162 g/mol. The minimum Gasteiger partial charge on any atom is -0.393 e. The van der Waals surface area contributed by atoms with Crippen LogP contribution in [0.3, 0.4) is 0 Å². The number of aliphatic hydroxyl groups excluding tert-OH is 1. The van der Waals surface area contributed by atoms with Gasteiger partial charge in [0.05, 0.1) is 6.10 Å². The van der Waals surface area contributed by atoms with Crippen LogP contribution in [0.2, 0.25) is 0 Å². The lowest BCUT2D eigenvalue weighted by Gasteiger charge is -2.38. The molecule has 1 heterocycles. The molecule has 2 heteroatoms. The van der Waals surface area contributed by atoms with Crippen molar-refractivity contribution < 1.29 is 5.11 Å². The van der Waals surface area contributed by atoms with Gasteiger partial charge in [-0.15, -0.1) is 0 Å². The maximum Gasteiger partial charge on any atom is 0.0571 e. The molecule has 2 fully saturated rings. The van der Waals surface area contributed by atoms with Gasteiger partial charge in [0.1, 0.15) is 0 Å². The maximum atomic E-state index is 9.81. The molecule has 0 aromatic heterocycles. The van der Waals surface area contributed by atoms with Crippen molar-refractivity contribution in [1.29, 1.82) is 0 Å². The third-order valence-corrected chi connectivity index (χ3v) is 4.20. The fourth-order valence-electron chi connectivity index (χ4n) is 3.36. The predicted octanol–water partition coefficient (Wildman–Crippen LogP) is 1.20. The number of hydrogen-bond donors (Lipinski definition) is 1. The molecule has 0 unspecified atom stereocenters. The molecule has 1 saturated heterocycles. The number of rotatable bonds is 0. The van der Waals surface area contributed by atoms with Crippen molar-refractivity contribution in [3.8, 4) is 0 Å². The van der Waals surface area contributed by atoms with Gasteiger partial charge in [-0.05, 0) is 37.1 Å². The molecule has 2 rings (SSSR count). The van der Waals surface area contributed by atoms with E-state index >= 15 is 0 Å². The van der Waals surface area contributed by atoms with Gasteiger partial charge in [-0.2, -0.15) is 0 Å². The second kappa shape index (κ2) is 3.25. The summed E-state index contributed by atoms with van der Waals surface area (Å²) in [6.45, 7) is 6.94. The van der Waals surface area contributed by atoms with Crippen LogP contribution in [0.15, 0.2) is 0 Å². The number of piperidine rings is 1. The maximum absolute atomic E-state index is 9.81. The highest BCUT2D eigenvalue weighted by molar-refractivity contribution is 4.95. The molecule has 2 aliphatic rings. The van der Waals surface area contributed by atoms with E-state index in [1.54, 1.807) is 0 Å². The first-order chi connectivity index (χ1) is 6.09. The lowest BCUT2D eigenvalue weighted by atomic mass is 9.79. The third-order valence-electron chi connectivity index (χ3n) is 4.20. The Morgan fingerprint density at radius 2 is 1.85 bits per heavy atom. The number of fused-ring (bicyclic) bond motifs is 1. The Bertz CT molecular complexity index is 195. The van der Waals surface area contributed by atoms with Crippen molar-refractivity contribution >= 4 is 0 Å². The molecule has 0 bridgehead atoms. The summed E-state index contributed by atoms with van der Waals surface area (Å²) in [6, 6.07) is 0. The monoisotopic (exact) mass is 183 g/mol. The fourth-order valence-corrected chi connectivity index (χ4v) is 3.36. The Balaban J connectivity index is 2.12. The first-order valence-electron chi connectivity index (χ1n) is 5.46. The van der Waals surface area contributed by atoms with Crippen LogP contribution in [0.5, 0.6) is 0 Å². The van der Waals surface area contributed by atoms with Crippen LogP contribution in [0.1, 0.15) is 20.3 Å². The molecule has 76 valence electrons. The largest absolute Gasteiger partial charge is 0.393 e. The summed E-state index contributed by atoms with van der Waals surface area (Å²) < 4.78 is 0. The van der Waals surface area contributed by atoms with E-state index in [4.69, 9.17) is 0 Å². The number of hydrogen-bond acceptors (Lipinski definition) is 2. The van der Waals surface area contributed by atoms with E-state index in [0.29, 0.717) is 5.92 Å². The van der Waals surface area contributed by atoms with Gasteiger partial charge in [0, 0.05) is 13.1 Å². The van der Waals surface area contributed by atoms with Crippen LogP contribution in [0.25, 0.3) is 0 Å². The fraction of sp³-hybridized carbons (Fsp3) is 1.00. The van der Waals surface area contributed by atoms with Crippen LogP contribution in [0, 0.1) is 23.7 Å². The van der Waals surface area contributed by atoms with Gasteiger partial charge in [0.15, 0.2) is 0 Å². The van der Waals surface area contributed by atoms with E-state index in [1.165, 1.54) is 13.1 Å². The summed E-state index contributed by atoms with van der Waals surface area (Å²) >= 11 is 0. The molecule has 1 saturated carbocycles. The zero-order valence-corrected chi connectivity index (χ0v) is 8.90. The molecule has 0 aromatic carbocycles. The molecule has 0 radical (unpaired) electrons. The standard InChI is InChI=1S/C11H21NO/c1-7-5-12(3)6-10-8(2)11(13)4-9(7)10/h7-11,13H,4-6H2,1-3H3/t7-,8+,9+,10+,11-/m1/s1. The molecule has 1 aliphatic carbocycles. The lowest BCUT2D eigenvalue weighted by molar-refractivity contribution is 0.0850. The SMILES string of the molecule is C[C@H]1[C@@H]2CN(C)C[C@@H](C)[C@@H]2C[C@H]1O. The average Bonchev–Trinajstić information content (AvgIpc) is 2.32. The van der Waals surface area contributed by atoms with Crippen molar-refractivity contribution in [2.75, 3.05) is 20.1 Å². The predicted molar refractivity (Wildman–Crippen MR) is 53.4 cm³/mol. The Kier molecular flexibility index (Phi) is 2.37. The third kappa shape index (κ3) is 1.50. The summed E-state index contributed by atoms with van der Waals surface area (Å²) in [4.78, 5) is 2.42. The van der Waals surface area contributed by atoms with Crippen molar-refractivity contribution in [2.45, 2.75) is 26.4 Å². The van der Waals surface area contributed by atoms with Crippen LogP contribution in [-0.2, 0) is 0 Å². The molecule has 2 nitrogen and oxygen atoms in total. The molecule has 5 atom stereocenters. The van der Waals surface area contributed by atoms with Crippen LogP contribution < -0.4 is 0 Å². The van der Waals surface area contributed by atoms with Gasteiger partial charge in [0.25, 0.3) is 0 Å². The number of nitrogens with zero attached hydrogens (tertiary/aromatic N) is 1. The minimum absolute atomic E-state index is 0.0380. The number of aliphatic hydroxyl groups is 1. The zero-order valence-electron chi connectivity index (χ0n) is 8.90. The number of likely N-dealkylation sites (tertiary alicyclic amines) is 1. The van der Waals surface area contributed by atoms with Crippen LogP contribution in [0.4, 0.5) is 0 Å². The molecule has 0 amide bonds. The molecule has 0 spiro atoms. The second-order valence-electron chi connectivity index (χ2n) is 5.19. The molecular formula is C11H21NO. The van der Waals surface area contributed by atoms with Crippen molar-refractivity contribution in [2.24, 2.45) is 23.7 Å².